The first kappa shape index (κ1) is 19.0. The molecule has 2 aromatic rings. The summed E-state index contributed by atoms with van der Waals surface area (Å²) in [5, 5.41) is 12.5. The van der Waals surface area contributed by atoms with Crippen molar-refractivity contribution in [2.24, 2.45) is 0 Å². The molecule has 3 rings (SSSR count). The van der Waals surface area contributed by atoms with Crippen LogP contribution in [-0.2, 0) is 9.59 Å². The molecule has 5 nitrogen and oxygen atoms in total. The van der Waals surface area contributed by atoms with Crippen LogP contribution in [0, 0.1) is 5.82 Å². The van der Waals surface area contributed by atoms with Gasteiger partial charge in [0.1, 0.15) is 5.82 Å². The molecule has 0 aromatic heterocycles. The predicted molar refractivity (Wildman–Crippen MR) is 100 cm³/mol. The number of carbonyl (C=O) groups is 2. The van der Waals surface area contributed by atoms with E-state index in [1.807, 2.05) is 30.3 Å². The zero-order valence-corrected chi connectivity index (χ0v) is 15.4. The maximum Gasteiger partial charge on any atom is 0.220 e. The molecule has 27 heavy (non-hydrogen) atoms. The Morgan fingerprint density at radius 2 is 1.78 bits per heavy atom. The Balaban J connectivity index is 1.85. The molecule has 0 aliphatic carbocycles. The standard InChI is InChI=1S/C21H23FN2O3/c1-13(26)23-11-19-21(20(12-25)24(19)14(2)27)16-8-6-15(7-9-16)17-4-3-5-18(22)10-17/h3-10,19-21,25H,11-12H2,1-2H3,(H,23,26)/t19-,20+,21+/m0/s1. The van der Waals surface area contributed by atoms with Crippen molar-refractivity contribution < 1.29 is 19.1 Å². The zero-order valence-electron chi connectivity index (χ0n) is 15.4. The Bertz CT molecular complexity index is 838. The van der Waals surface area contributed by atoms with Gasteiger partial charge in [-0.1, -0.05) is 36.4 Å². The molecule has 2 aromatic carbocycles. The van der Waals surface area contributed by atoms with Gasteiger partial charge >= 0.3 is 0 Å². The summed E-state index contributed by atoms with van der Waals surface area (Å²) in [6.07, 6.45) is 0. The van der Waals surface area contributed by atoms with Gasteiger partial charge in [-0.15, -0.1) is 0 Å². The zero-order chi connectivity index (χ0) is 19.6. The third-order valence-corrected chi connectivity index (χ3v) is 5.11. The van der Waals surface area contributed by atoms with Crippen molar-refractivity contribution in [3.8, 4) is 11.1 Å². The van der Waals surface area contributed by atoms with Crippen molar-refractivity contribution in [1.29, 1.82) is 0 Å². The number of hydrogen-bond donors (Lipinski definition) is 2. The summed E-state index contributed by atoms with van der Waals surface area (Å²) in [7, 11) is 0. The maximum absolute atomic E-state index is 13.4. The lowest BCUT2D eigenvalue weighted by atomic mass is 9.74. The smallest absolute Gasteiger partial charge is 0.220 e. The molecule has 1 aliphatic rings. The molecule has 1 saturated heterocycles. The summed E-state index contributed by atoms with van der Waals surface area (Å²) in [6, 6.07) is 13.6. The molecule has 0 bridgehead atoms. The molecule has 2 amide bonds. The van der Waals surface area contributed by atoms with Crippen molar-refractivity contribution >= 4 is 11.8 Å². The largest absolute Gasteiger partial charge is 0.394 e. The second kappa shape index (κ2) is 7.88. The van der Waals surface area contributed by atoms with Crippen LogP contribution in [-0.4, -0.2) is 47.1 Å². The number of rotatable bonds is 5. The van der Waals surface area contributed by atoms with E-state index < -0.39 is 0 Å². The number of hydrogen-bond acceptors (Lipinski definition) is 3. The van der Waals surface area contributed by atoms with Gasteiger partial charge in [0.15, 0.2) is 0 Å². The number of nitrogens with zero attached hydrogens (tertiary/aromatic N) is 1. The van der Waals surface area contributed by atoms with Crippen LogP contribution in [0.2, 0.25) is 0 Å². The fourth-order valence-corrected chi connectivity index (χ4v) is 3.90. The van der Waals surface area contributed by atoms with Crippen LogP contribution in [0.15, 0.2) is 48.5 Å². The Morgan fingerprint density at radius 3 is 2.33 bits per heavy atom. The van der Waals surface area contributed by atoms with Gasteiger partial charge in [-0.05, 0) is 28.8 Å². The second-order valence-corrected chi connectivity index (χ2v) is 6.84. The molecule has 0 radical (unpaired) electrons. The average Bonchev–Trinajstić information content (AvgIpc) is 2.61. The van der Waals surface area contributed by atoms with Gasteiger partial charge in [-0.2, -0.15) is 0 Å². The van der Waals surface area contributed by atoms with E-state index in [1.54, 1.807) is 11.0 Å². The number of likely N-dealkylation sites (tertiary alicyclic amines) is 1. The first-order valence-electron chi connectivity index (χ1n) is 8.92. The lowest BCUT2D eigenvalue weighted by Gasteiger charge is -2.54. The summed E-state index contributed by atoms with van der Waals surface area (Å²) in [4.78, 5) is 24.9. The topological polar surface area (TPSA) is 69.6 Å². The number of aliphatic hydroxyl groups is 1. The van der Waals surface area contributed by atoms with E-state index in [-0.39, 0.29) is 42.2 Å². The second-order valence-electron chi connectivity index (χ2n) is 6.84. The average molecular weight is 370 g/mol. The summed E-state index contributed by atoms with van der Waals surface area (Å²) in [5.74, 6) is -0.654. The third kappa shape index (κ3) is 3.85. The van der Waals surface area contributed by atoms with Crippen LogP contribution in [0.3, 0.4) is 0 Å². The summed E-state index contributed by atoms with van der Waals surface area (Å²) >= 11 is 0. The minimum atomic E-state index is -0.318. The number of nitrogens with one attached hydrogen (secondary N) is 1. The van der Waals surface area contributed by atoms with Crippen molar-refractivity contribution in [3.63, 3.8) is 0 Å². The maximum atomic E-state index is 13.4. The molecule has 1 fully saturated rings. The van der Waals surface area contributed by atoms with Crippen LogP contribution in [0.5, 0.6) is 0 Å². The Kier molecular flexibility index (Phi) is 5.56. The lowest BCUT2D eigenvalue weighted by molar-refractivity contribution is -0.148. The molecular formula is C21H23FN2O3. The lowest BCUT2D eigenvalue weighted by Crippen LogP contribution is -2.68. The molecule has 0 spiro atoms. The monoisotopic (exact) mass is 370 g/mol. The molecule has 0 saturated carbocycles. The number of amides is 2. The third-order valence-electron chi connectivity index (χ3n) is 5.11. The number of halogens is 1. The van der Waals surface area contributed by atoms with Gasteiger partial charge in [0, 0.05) is 26.3 Å². The molecule has 1 aliphatic heterocycles. The van der Waals surface area contributed by atoms with Crippen LogP contribution in [0.25, 0.3) is 11.1 Å². The minimum absolute atomic E-state index is 0.0766. The number of carbonyl (C=O) groups excluding carboxylic acids is 2. The van der Waals surface area contributed by atoms with Gasteiger partial charge in [0.2, 0.25) is 11.8 Å². The quantitative estimate of drug-likeness (QED) is 0.849. The Hall–Kier alpha value is -2.73. The van der Waals surface area contributed by atoms with Crippen LogP contribution >= 0.6 is 0 Å². The highest BCUT2D eigenvalue weighted by atomic mass is 19.1. The van der Waals surface area contributed by atoms with Crippen molar-refractivity contribution in [2.75, 3.05) is 13.2 Å². The first-order valence-corrected chi connectivity index (χ1v) is 8.92. The molecule has 3 atom stereocenters. The van der Waals surface area contributed by atoms with Gasteiger partial charge in [0.05, 0.1) is 18.7 Å². The van der Waals surface area contributed by atoms with E-state index in [0.717, 1.165) is 16.7 Å². The molecule has 1 heterocycles. The highest BCUT2D eigenvalue weighted by Crippen LogP contribution is 2.41. The Labute approximate surface area is 157 Å². The molecule has 0 unspecified atom stereocenters. The summed E-state index contributed by atoms with van der Waals surface area (Å²) < 4.78 is 13.4. The van der Waals surface area contributed by atoms with E-state index in [0.29, 0.717) is 6.54 Å². The SMILES string of the molecule is CC(=O)NC[C@H]1[C@@H](c2ccc(-c3cccc(F)c3)cc2)[C@@H](CO)N1C(C)=O. The predicted octanol–water partition coefficient (Wildman–Crippen LogP) is 2.30. The first-order chi connectivity index (χ1) is 12.9. The van der Waals surface area contributed by atoms with Crippen LogP contribution in [0.4, 0.5) is 4.39 Å². The summed E-state index contributed by atoms with van der Waals surface area (Å²) in [6.45, 7) is 3.09. The van der Waals surface area contributed by atoms with E-state index >= 15 is 0 Å². The van der Waals surface area contributed by atoms with E-state index in [2.05, 4.69) is 5.32 Å². The Morgan fingerprint density at radius 1 is 1.07 bits per heavy atom. The van der Waals surface area contributed by atoms with Gasteiger partial charge in [-0.3, -0.25) is 9.59 Å². The fraction of sp³-hybridized carbons (Fsp3) is 0.333. The van der Waals surface area contributed by atoms with E-state index in [9.17, 15) is 19.1 Å². The van der Waals surface area contributed by atoms with Gasteiger partial charge in [-0.25, -0.2) is 4.39 Å². The number of aliphatic hydroxyl groups excluding tert-OH is 1. The highest BCUT2D eigenvalue weighted by molar-refractivity contribution is 5.77. The molecule has 142 valence electrons. The van der Waals surface area contributed by atoms with Crippen molar-refractivity contribution in [3.05, 3.63) is 59.9 Å². The van der Waals surface area contributed by atoms with Crippen molar-refractivity contribution in [2.45, 2.75) is 31.8 Å². The van der Waals surface area contributed by atoms with Crippen LogP contribution < -0.4 is 5.32 Å². The minimum Gasteiger partial charge on any atom is -0.394 e. The molecule has 2 N–H and O–H groups in total. The number of benzene rings is 2. The van der Waals surface area contributed by atoms with E-state index in [1.165, 1.54) is 26.0 Å². The van der Waals surface area contributed by atoms with Gasteiger partial charge in [0.25, 0.3) is 0 Å². The van der Waals surface area contributed by atoms with E-state index in [4.69, 9.17) is 0 Å². The molecular weight excluding hydrogens is 347 g/mol. The van der Waals surface area contributed by atoms with Gasteiger partial charge < -0.3 is 15.3 Å². The van der Waals surface area contributed by atoms with Crippen LogP contribution in [0.1, 0.15) is 25.3 Å². The summed E-state index contributed by atoms with van der Waals surface area (Å²) in [5.41, 5.74) is 2.65. The fourth-order valence-electron chi connectivity index (χ4n) is 3.90. The normalized spacial score (nSPS) is 21.5. The highest BCUT2D eigenvalue weighted by Gasteiger charge is 2.49. The molecule has 6 heteroatoms. The van der Waals surface area contributed by atoms with Crippen molar-refractivity contribution in [1.82, 2.24) is 10.2 Å².